The zero-order chi connectivity index (χ0) is 9.54. The molecule has 0 fully saturated rings. The molecule has 0 heterocycles. The zero-order valence-corrected chi connectivity index (χ0v) is 8.48. The Bertz CT molecular complexity index is 24.5. The summed E-state index contributed by atoms with van der Waals surface area (Å²) in [6.45, 7) is 5.75. The quantitative estimate of drug-likeness (QED) is 0.557. The van der Waals surface area contributed by atoms with E-state index in [1.807, 2.05) is 14.1 Å². The topological polar surface area (TPSA) is 64.1 Å². The minimum Gasteiger partial charge on any atom is -0.330 e. The highest BCUT2D eigenvalue weighted by atomic mass is 14.7. The van der Waals surface area contributed by atoms with E-state index in [-0.39, 0.29) is 0 Å². The fourth-order valence-corrected chi connectivity index (χ4v) is 0. The zero-order valence-electron chi connectivity index (χ0n) is 8.48. The molecule has 0 aliphatic carbocycles. The minimum atomic E-state index is 0.819. The van der Waals surface area contributed by atoms with Crippen molar-refractivity contribution in [1.29, 1.82) is 0 Å². The molecule has 0 spiro atoms. The van der Waals surface area contributed by atoms with Crippen molar-refractivity contribution >= 4 is 0 Å². The van der Waals surface area contributed by atoms with Crippen molar-refractivity contribution in [2.24, 2.45) is 11.5 Å². The van der Waals surface area contributed by atoms with Gasteiger partial charge in [-0.15, -0.1) is 0 Å². The molecule has 0 aromatic heterocycles. The van der Waals surface area contributed by atoms with Gasteiger partial charge in [-0.1, -0.05) is 13.8 Å². The number of nitrogens with two attached hydrogens (primary N) is 2. The smallest absolute Gasteiger partial charge is 0.00799 e. The van der Waals surface area contributed by atoms with E-state index in [0.29, 0.717) is 0 Å². The Morgan fingerprint density at radius 3 is 1.00 bits per heavy atom. The summed E-state index contributed by atoms with van der Waals surface area (Å²) in [5.74, 6) is 0. The molecule has 0 rings (SSSR count). The second-order valence-electron chi connectivity index (χ2n) is 2.08. The van der Waals surface area contributed by atoms with Gasteiger partial charge in [-0.3, -0.25) is 0 Å². The molecule has 0 amide bonds. The predicted octanol–water partition coefficient (Wildman–Crippen LogP) is 0.546. The van der Waals surface area contributed by atoms with Gasteiger partial charge in [0.15, 0.2) is 0 Å². The first-order valence-electron chi connectivity index (χ1n) is 4.23. The van der Waals surface area contributed by atoms with Crippen LogP contribution >= 0.6 is 0 Å². The molecule has 0 aromatic rings. The molecule has 0 radical (unpaired) electrons. The van der Waals surface area contributed by atoms with Gasteiger partial charge in [0.05, 0.1) is 0 Å². The van der Waals surface area contributed by atoms with Crippen LogP contribution in [0.2, 0.25) is 0 Å². The van der Waals surface area contributed by atoms with Crippen molar-refractivity contribution in [1.82, 2.24) is 5.32 Å². The Morgan fingerprint density at radius 1 is 0.909 bits per heavy atom. The van der Waals surface area contributed by atoms with Gasteiger partial charge in [-0.25, -0.2) is 0 Å². The highest BCUT2D eigenvalue weighted by molar-refractivity contribution is 4.19. The van der Waals surface area contributed by atoms with Crippen LogP contribution in [-0.4, -0.2) is 27.2 Å². The van der Waals surface area contributed by atoms with E-state index in [9.17, 15) is 0 Å². The Balaban J connectivity index is -0.0000000886. The van der Waals surface area contributed by atoms with Crippen molar-refractivity contribution in [3.8, 4) is 0 Å². The molecule has 0 saturated carbocycles. The number of nitrogens with one attached hydrogen (secondary N) is 1. The van der Waals surface area contributed by atoms with E-state index in [0.717, 1.165) is 25.9 Å². The van der Waals surface area contributed by atoms with Crippen molar-refractivity contribution in [3.05, 3.63) is 0 Å². The van der Waals surface area contributed by atoms with Gasteiger partial charge in [0, 0.05) is 0 Å². The summed E-state index contributed by atoms with van der Waals surface area (Å²) in [5, 5.41) is 2.75. The van der Waals surface area contributed by atoms with Gasteiger partial charge in [0.25, 0.3) is 0 Å². The number of hydrogen-bond acceptors (Lipinski definition) is 3. The van der Waals surface area contributed by atoms with Gasteiger partial charge >= 0.3 is 0 Å². The normalized spacial score (nSPS) is 7.09. The van der Waals surface area contributed by atoms with Crippen LogP contribution < -0.4 is 16.8 Å². The average molecular weight is 163 g/mol. The van der Waals surface area contributed by atoms with Gasteiger partial charge in [0.1, 0.15) is 0 Å². The van der Waals surface area contributed by atoms with Crippen LogP contribution in [-0.2, 0) is 0 Å². The Labute approximate surface area is 71.5 Å². The summed E-state index contributed by atoms with van der Waals surface area (Å²) in [6.07, 6.45) is 2.19. The first-order chi connectivity index (χ1) is 5.24. The van der Waals surface area contributed by atoms with Crippen LogP contribution in [0.3, 0.4) is 0 Å². The number of hydrogen-bond donors (Lipinski definition) is 3. The van der Waals surface area contributed by atoms with Crippen LogP contribution in [0.4, 0.5) is 0 Å². The lowest BCUT2D eigenvalue weighted by Crippen LogP contribution is -1.93. The largest absolute Gasteiger partial charge is 0.330 e. The lowest BCUT2D eigenvalue weighted by molar-refractivity contribution is 0.932. The number of rotatable bonds is 2. The lowest BCUT2D eigenvalue weighted by atomic mass is 10.5. The van der Waals surface area contributed by atoms with E-state index >= 15 is 0 Å². The molecular formula is C8H25N3. The average Bonchev–Trinajstić information content (AvgIpc) is 2.06. The molecule has 0 bridgehead atoms. The molecule has 0 unspecified atom stereocenters. The van der Waals surface area contributed by atoms with Crippen LogP contribution in [0.25, 0.3) is 0 Å². The molecule has 72 valence electrons. The lowest BCUT2D eigenvalue weighted by Gasteiger charge is -1.70. The fraction of sp³-hybridized carbons (Fsp3) is 1.00. The van der Waals surface area contributed by atoms with Crippen LogP contribution in [0.1, 0.15) is 26.7 Å². The summed E-state index contributed by atoms with van der Waals surface area (Å²) in [5.41, 5.74) is 10.1. The first-order valence-corrected chi connectivity index (χ1v) is 4.23. The van der Waals surface area contributed by atoms with Gasteiger partial charge < -0.3 is 16.8 Å². The molecule has 11 heavy (non-hydrogen) atoms. The fourth-order valence-electron chi connectivity index (χ4n) is 0. The third kappa shape index (κ3) is 174. The molecule has 0 aliphatic heterocycles. The molecule has 5 N–H and O–H groups in total. The van der Waals surface area contributed by atoms with Crippen molar-refractivity contribution < 1.29 is 0 Å². The molecule has 0 atom stereocenters. The van der Waals surface area contributed by atoms with Gasteiger partial charge in [-0.2, -0.15) is 0 Å². The molecular weight excluding hydrogens is 138 g/mol. The standard InChI is InChI=1S/2C3H9N.C2H7N/c2*1-2-3-4;1-3-2/h2*2-4H2,1H3;3H,1-2H3. The van der Waals surface area contributed by atoms with Crippen LogP contribution in [0, 0.1) is 0 Å². The maximum absolute atomic E-state index is 5.03. The predicted molar refractivity (Wildman–Crippen MR) is 53.7 cm³/mol. The van der Waals surface area contributed by atoms with Crippen molar-refractivity contribution in [2.45, 2.75) is 26.7 Å². The second-order valence-corrected chi connectivity index (χ2v) is 2.08. The summed E-state index contributed by atoms with van der Waals surface area (Å²) in [4.78, 5) is 0. The van der Waals surface area contributed by atoms with E-state index in [1.165, 1.54) is 0 Å². The minimum absolute atomic E-state index is 0.819. The summed E-state index contributed by atoms with van der Waals surface area (Å²) >= 11 is 0. The first kappa shape index (κ1) is 17.1. The highest BCUT2D eigenvalue weighted by Gasteiger charge is 1.55. The third-order valence-corrected chi connectivity index (χ3v) is 0.577. The molecule has 0 aromatic carbocycles. The van der Waals surface area contributed by atoms with E-state index in [2.05, 4.69) is 19.2 Å². The van der Waals surface area contributed by atoms with Gasteiger partial charge in [-0.05, 0) is 40.0 Å². The van der Waals surface area contributed by atoms with Crippen LogP contribution in [0.15, 0.2) is 0 Å². The van der Waals surface area contributed by atoms with E-state index in [1.54, 1.807) is 0 Å². The summed E-state index contributed by atoms with van der Waals surface area (Å²) < 4.78 is 0. The molecule has 0 aliphatic rings. The maximum atomic E-state index is 5.03. The summed E-state index contributed by atoms with van der Waals surface area (Å²) in [7, 11) is 3.75. The van der Waals surface area contributed by atoms with E-state index < -0.39 is 0 Å². The highest BCUT2D eigenvalue weighted by Crippen LogP contribution is 1.57. The SMILES string of the molecule is CCCN.CCCN.CNC. The second kappa shape index (κ2) is 32.7. The van der Waals surface area contributed by atoms with Crippen LogP contribution in [0.5, 0.6) is 0 Å². The van der Waals surface area contributed by atoms with Crippen molar-refractivity contribution in [2.75, 3.05) is 27.2 Å². The van der Waals surface area contributed by atoms with Crippen molar-refractivity contribution in [3.63, 3.8) is 0 Å². The third-order valence-electron chi connectivity index (χ3n) is 0.577. The molecule has 0 saturated heterocycles. The Morgan fingerprint density at radius 2 is 1.00 bits per heavy atom. The van der Waals surface area contributed by atoms with E-state index in [4.69, 9.17) is 11.5 Å². The monoisotopic (exact) mass is 163 g/mol. The molecule has 3 heteroatoms. The van der Waals surface area contributed by atoms with Gasteiger partial charge in [0.2, 0.25) is 0 Å². The Hall–Kier alpha value is -0.120. The summed E-state index contributed by atoms with van der Waals surface area (Å²) in [6, 6.07) is 0. The maximum Gasteiger partial charge on any atom is -0.00799 e. The Kier molecular flexibility index (Phi) is 50.9. The molecule has 3 nitrogen and oxygen atoms in total.